The number of carbonyl (C=O) groups excluding carboxylic acids is 1. The average Bonchev–Trinajstić information content (AvgIpc) is 2.47. The second-order valence-electron chi connectivity index (χ2n) is 2.92. The first-order valence-corrected chi connectivity index (χ1v) is 3.91. The molecule has 0 aliphatic carbocycles. The van der Waals surface area contributed by atoms with E-state index in [-0.39, 0.29) is 11.8 Å². The second kappa shape index (κ2) is 2.52. The van der Waals surface area contributed by atoms with Gasteiger partial charge in [0.25, 0.3) is 0 Å². The SMILES string of the molecule is NC(=O)[C@@H]1CNc2ccccc21. The lowest BCUT2D eigenvalue weighted by molar-refractivity contribution is -0.119. The van der Waals surface area contributed by atoms with Gasteiger partial charge in [0, 0.05) is 12.2 Å². The van der Waals surface area contributed by atoms with Crippen LogP contribution < -0.4 is 11.1 Å². The molecule has 3 heteroatoms. The van der Waals surface area contributed by atoms with Crippen LogP contribution in [0.1, 0.15) is 11.5 Å². The monoisotopic (exact) mass is 162 g/mol. The van der Waals surface area contributed by atoms with E-state index >= 15 is 0 Å². The summed E-state index contributed by atoms with van der Waals surface area (Å²) < 4.78 is 0. The van der Waals surface area contributed by atoms with Crippen molar-refractivity contribution >= 4 is 11.6 Å². The Morgan fingerprint density at radius 3 is 3.00 bits per heavy atom. The quantitative estimate of drug-likeness (QED) is 0.638. The number of primary amides is 1. The number of fused-ring (bicyclic) bond motifs is 1. The number of hydrogen-bond donors (Lipinski definition) is 2. The van der Waals surface area contributed by atoms with Gasteiger partial charge in [0.1, 0.15) is 0 Å². The Bertz CT molecular complexity index is 322. The number of hydrogen-bond acceptors (Lipinski definition) is 2. The van der Waals surface area contributed by atoms with Crippen LogP contribution in [0.2, 0.25) is 0 Å². The van der Waals surface area contributed by atoms with Crippen LogP contribution in [0.5, 0.6) is 0 Å². The van der Waals surface area contributed by atoms with Gasteiger partial charge in [0.05, 0.1) is 5.92 Å². The molecule has 0 radical (unpaired) electrons. The molecule has 0 bridgehead atoms. The molecule has 1 aromatic rings. The Balaban J connectivity index is 2.42. The normalized spacial score (nSPS) is 19.8. The molecule has 0 saturated carbocycles. The molecular weight excluding hydrogens is 152 g/mol. The van der Waals surface area contributed by atoms with Crippen LogP contribution in [-0.2, 0) is 4.79 Å². The molecule has 0 unspecified atom stereocenters. The summed E-state index contributed by atoms with van der Waals surface area (Å²) in [5, 5.41) is 3.13. The van der Waals surface area contributed by atoms with Crippen molar-refractivity contribution in [3.63, 3.8) is 0 Å². The first kappa shape index (κ1) is 7.16. The minimum absolute atomic E-state index is 0.152. The van der Waals surface area contributed by atoms with Crippen molar-refractivity contribution < 1.29 is 4.79 Å². The van der Waals surface area contributed by atoms with Gasteiger partial charge >= 0.3 is 0 Å². The van der Waals surface area contributed by atoms with Crippen molar-refractivity contribution in [2.45, 2.75) is 5.92 Å². The molecule has 1 aliphatic heterocycles. The minimum Gasteiger partial charge on any atom is -0.384 e. The fourth-order valence-corrected chi connectivity index (χ4v) is 1.54. The van der Waals surface area contributed by atoms with E-state index in [1.165, 1.54) is 0 Å². The largest absolute Gasteiger partial charge is 0.384 e. The summed E-state index contributed by atoms with van der Waals surface area (Å²) in [6.07, 6.45) is 0. The van der Waals surface area contributed by atoms with Crippen molar-refractivity contribution in [3.05, 3.63) is 29.8 Å². The first-order chi connectivity index (χ1) is 5.79. The van der Waals surface area contributed by atoms with E-state index < -0.39 is 0 Å². The molecule has 0 saturated heterocycles. The number of nitrogens with two attached hydrogens (primary N) is 1. The van der Waals surface area contributed by atoms with E-state index in [2.05, 4.69) is 5.32 Å². The second-order valence-corrected chi connectivity index (χ2v) is 2.92. The number of rotatable bonds is 1. The molecular formula is C9H10N2O. The average molecular weight is 162 g/mol. The van der Waals surface area contributed by atoms with Crippen LogP contribution in [0.25, 0.3) is 0 Å². The highest BCUT2D eigenvalue weighted by Crippen LogP contribution is 2.30. The lowest BCUT2D eigenvalue weighted by Gasteiger charge is -2.02. The first-order valence-electron chi connectivity index (χ1n) is 3.91. The van der Waals surface area contributed by atoms with E-state index in [0.717, 1.165) is 11.3 Å². The maximum absolute atomic E-state index is 10.9. The van der Waals surface area contributed by atoms with E-state index in [1.54, 1.807) is 0 Å². The van der Waals surface area contributed by atoms with Crippen LogP contribution in [0.3, 0.4) is 0 Å². The van der Waals surface area contributed by atoms with Gasteiger partial charge in [-0.25, -0.2) is 0 Å². The number of amides is 1. The fourth-order valence-electron chi connectivity index (χ4n) is 1.54. The molecule has 1 atom stereocenters. The van der Waals surface area contributed by atoms with E-state index in [1.807, 2.05) is 24.3 Å². The van der Waals surface area contributed by atoms with Gasteiger partial charge in [-0.3, -0.25) is 4.79 Å². The zero-order valence-corrected chi connectivity index (χ0v) is 6.58. The van der Waals surface area contributed by atoms with Crippen LogP contribution in [-0.4, -0.2) is 12.5 Å². The van der Waals surface area contributed by atoms with Crippen molar-refractivity contribution in [1.29, 1.82) is 0 Å². The van der Waals surface area contributed by atoms with E-state index in [0.29, 0.717) is 6.54 Å². The number of para-hydroxylation sites is 1. The molecule has 62 valence electrons. The predicted octanol–water partition coefficient (Wildman–Crippen LogP) is 0.681. The molecule has 1 heterocycles. The lowest BCUT2D eigenvalue weighted by atomic mass is 10.0. The maximum atomic E-state index is 10.9. The zero-order chi connectivity index (χ0) is 8.55. The smallest absolute Gasteiger partial charge is 0.226 e. The molecule has 0 fully saturated rings. The van der Waals surface area contributed by atoms with Gasteiger partial charge in [-0.2, -0.15) is 0 Å². The fraction of sp³-hybridized carbons (Fsp3) is 0.222. The Morgan fingerprint density at radius 2 is 2.25 bits per heavy atom. The third kappa shape index (κ3) is 0.942. The molecule has 1 aromatic carbocycles. The van der Waals surface area contributed by atoms with Gasteiger partial charge in [0.15, 0.2) is 0 Å². The highest BCUT2D eigenvalue weighted by molar-refractivity contribution is 5.86. The van der Waals surface area contributed by atoms with Gasteiger partial charge in [-0.15, -0.1) is 0 Å². The minimum atomic E-state index is -0.257. The highest BCUT2D eigenvalue weighted by Gasteiger charge is 2.25. The molecule has 0 aromatic heterocycles. The summed E-state index contributed by atoms with van der Waals surface area (Å²) in [6.45, 7) is 0.634. The summed E-state index contributed by atoms with van der Waals surface area (Å²) >= 11 is 0. The summed E-state index contributed by atoms with van der Waals surface area (Å²) in [5.74, 6) is -0.409. The molecule has 3 N–H and O–H groups in total. The lowest BCUT2D eigenvalue weighted by Crippen LogP contribution is -2.22. The molecule has 2 rings (SSSR count). The third-order valence-electron chi connectivity index (χ3n) is 2.18. The molecule has 3 nitrogen and oxygen atoms in total. The summed E-state index contributed by atoms with van der Waals surface area (Å²) in [5.41, 5.74) is 7.28. The molecule has 0 spiro atoms. The topological polar surface area (TPSA) is 55.1 Å². The molecule has 1 amide bonds. The van der Waals surface area contributed by atoms with Gasteiger partial charge in [-0.1, -0.05) is 18.2 Å². The number of carbonyl (C=O) groups is 1. The summed E-state index contributed by atoms with van der Waals surface area (Å²) in [4.78, 5) is 10.9. The summed E-state index contributed by atoms with van der Waals surface area (Å²) in [7, 11) is 0. The number of nitrogens with one attached hydrogen (secondary N) is 1. The van der Waals surface area contributed by atoms with Crippen molar-refractivity contribution in [2.75, 3.05) is 11.9 Å². The van der Waals surface area contributed by atoms with Crippen LogP contribution in [0.15, 0.2) is 24.3 Å². The van der Waals surface area contributed by atoms with E-state index in [4.69, 9.17) is 5.73 Å². The Morgan fingerprint density at radius 1 is 1.50 bits per heavy atom. The van der Waals surface area contributed by atoms with Gasteiger partial charge in [0.2, 0.25) is 5.91 Å². The Labute approximate surface area is 70.6 Å². The maximum Gasteiger partial charge on any atom is 0.226 e. The van der Waals surface area contributed by atoms with Crippen molar-refractivity contribution in [3.8, 4) is 0 Å². The van der Waals surface area contributed by atoms with Crippen LogP contribution in [0.4, 0.5) is 5.69 Å². The molecule has 12 heavy (non-hydrogen) atoms. The number of anilines is 1. The highest BCUT2D eigenvalue weighted by atomic mass is 16.1. The summed E-state index contributed by atoms with van der Waals surface area (Å²) in [6, 6.07) is 7.75. The van der Waals surface area contributed by atoms with Crippen molar-refractivity contribution in [1.82, 2.24) is 0 Å². The Hall–Kier alpha value is -1.51. The zero-order valence-electron chi connectivity index (χ0n) is 6.58. The van der Waals surface area contributed by atoms with Crippen LogP contribution >= 0.6 is 0 Å². The standard InChI is InChI=1S/C9H10N2O/c10-9(12)7-5-11-8-4-2-1-3-6(7)8/h1-4,7,11H,5H2,(H2,10,12)/t7-/m1/s1. The third-order valence-corrected chi connectivity index (χ3v) is 2.18. The van der Waals surface area contributed by atoms with Crippen molar-refractivity contribution in [2.24, 2.45) is 5.73 Å². The molecule has 1 aliphatic rings. The van der Waals surface area contributed by atoms with Gasteiger partial charge in [-0.05, 0) is 11.6 Å². The number of benzene rings is 1. The Kier molecular flexibility index (Phi) is 1.50. The van der Waals surface area contributed by atoms with E-state index in [9.17, 15) is 4.79 Å². The predicted molar refractivity (Wildman–Crippen MR) is 46.9 cm³/mol. The van der Waals surface area contributed by atoms with Gasteiger partial charge < -0.3 is 11.1 Å². The van der Waals surface area contributed by atoms with Crippen LogP contribution in [0, 0.1) is 0 Å².